The third-order valence-electron chi connectivity index (χ3n) is 1.57. The maximum atomic E-state index is 8.68. The molecule has 0 aliphatic heterocycles. The summed E-state index contributed by atoms with van der Waals surface area (Å²) in [6.07, 6.45) is 4.06. The first-order chi connectivity index (χ1) is 5.38. The van der Waals surface area contributed by atoms with Crippen molar-refractivity contribution in [1.82, 2.24) is 10.2 Å². The van der Waals surface area contributed by atoms with Gasteiger partial charge in [0.2, 0.25) is 0 Å². The number of hydrogen-bond acceptors (Lipinski definition) is 3. The van der Waals surface area contributed by atoms with E-state index in [0.717, 1.165) is 12.0 Å². The molecule has 11 heavy (non-hydrogen) atoms. The minimum Gasteiger partial charge on any atom is -0.198 e. The van der Waals surface area contributed by atoms with Crippen LogP contribution in [0, 0.1) is 11.3 Å². The third kappa shape index (κ3) is 1.74. The van der Waals surface area contributed by atoms with Crippen molar-refractivity contribution in [3.63, 3.8) is 0 Å². The molecule has 56 valence electrons. The average molecular weight is 147 g/mol. The van der Waals surface area contributed by atoms with E-state index in [1.54, 1.807) is 12.4 Å². The van der Waals surface area contributed by atoms with Crippen molar-refractivity contribution in [2.45, 2.75) is 19.3 Å². The fourth-order valence-electron chi connectivity index (χ4n) is 0.909. The summed E-state index contributed by atoms with van der Waals surface area (Å²) in [5, 5.41) is 16.0. The summed E-state index contributed by atoms with van der Waals surface area (Å²) in [5.74, 6) is -0.0366. The normalized spacial score (nSPS) is 12.0. The summed E-state index contributed by atoms with van der Waals surface area (Å²) in [5.41, 5.74) is 0.949. The lowest BCUT2D eigenvalue weighted by Crippen LogP contribution is -1.94. The van der Waals surface area contributed by atoms with Gasteiger partial charge in [0.15, 0.2) is 0 Å². The molecular formula is C8H9N3. The summed E-state index contributed by atoms with van der Waals surface area (Å²) in [6.45, 7) is 1.98. The summed E-state index contributed by atoms with van der Waals surface area (Å²) >= 11 is 0. The Bertz CT molecular complexity index is 250. The number of aromatic nitrogens is 2. The van der Waals surface area contributed by atoms with Crippen molar-refractivity contribution in [3.8, 4) is 6.07 Å². The van der Waals surface area contributed by atoms with Crippen LogP contribution in [0.1, 0.15) is 24.8 Å². The second-order valence-corrected chi connectivity index (χ2v) is 2.27. The lowest BCUT2D eigenvalue weighted by molar-refractivity contribution is 0.803. The SMILES string of the molecule is CCC(C#N)c1ccnnc1. The van der Waals surface area contributed by atoms with E-state index in [-0.39, 0.29) is 5.92 Å². The molecule has 3 heteroatoms. The first-order valence-electron chi connectivity index (χ1n) is 3.54. The van der Waals surface area contributed by atoms with Crippen molar-refractivity contribution in [2.75, 3.05) is 0 Å². The van der Waals surface area contributed by atoms with Gasteiger partial charge in [-0.3, -0.25) is 0 Å². The Hall–Kier alpha value is -1.43. The fourth-order valence-corrected chi connectivity index (χ4v) is 0.909. The maximum Gasteiger partial charge on any atom is 0.0726 e. The maximum absolute atomic E-state index is 8.68. The summed E-state index contributed by atoms with van der Waals surface area (Å²) in [4.78, 5) is 0. The summed E-state index contributed by atoms with van der Waals surface area (Å²) < 4.78 is 0. The highest BCUT2D eigenvalue weighted by Crippen LogP contribution is 2.15. The molecule has 0 bridgehead atoms. The number of nitriles is 1. The molecule has 0 saturated carbocycles. The van der Waals surface area contributed by atoms with E-state index in [2.05, 4.69) is 16.3 Å². The molecule has 0 spiro atoms. The smallest absolute Gasteiger partial charge is 0.0726 e. The number of hydrogen-bond donors (Lipinski definition) is 0. The van der Waals surface area contributed by atoms with E-state index in [4.69, 9.17) is 5.26 Å². The molecule has 0 aliphatic rings. The van der Waals surface area contributed by atoms with Gasteiger partial charge in [0.05, 0.1) is 18.2 Å². The van der Waals surface area contributed by atoms with Crippen LogP contribution in [-0.4, -0.2) is 10.2 Å². The average Bonchev–Trinajstić information content (AvgIpc) is 2.09. The Morgan fingerprint density at radius 1 is 1.64 bits per heavy atom. The van der Waals surface area contributed by atoms with Crippen LogP contribution in [0.4, 0.5) is 0 Å². The predicted molar refractivity (Wildman–Crippen MR) is 40.7 cm³/mol. The highest BCUT2D eigenvalue weighted by Gasteiger charge is 2.06. The van der Waals surface area contributed by atoms with Gasteiger partial charge < -0.3 is 0 Å². The number of rotatable bonds is 2. The fraction of sp³-hybridized carbons (Fsp3) is 0.375. The van der Waals surface area contributed by atoms with E-state index in [1.165, 1.54) is 0 Å². The first-order valence-corrected chi connectivity index (χ1v) is 3.54. The third-order valence-corrected chi connectivity index (χ3v) is 1.57. The predicted octanol–water partition coefficient (Wildman–Crippen LogP) is 1.49. The van der Waals surface area contributed by atoms with Crippen molar-refractivity contribution in [3.05, 3.63) is 24.0 Å². The molecule has 0 amide bonds. The van der Waals surface area contributed by atoms with Crippen molar-refractivity contribution in [1.29, 1.82) is 5.26 Å². The molecule has 1 rings (SSSR count). The molecule has 1 aromatic rings. The standard InChI is InChI=1S/C8H9N3/c1-2-7(5-9)8-3-4-10-11-6-8/h3-4,6-7H,2H2,1H3. The van der Waals surface area contributed by atoms with E-state index in [1.807, 2.05) is 13.0 Å². The second-order valence-electron chi connectivity index (χ2n) is 2.27. The van der Waals surface area contributed by atoms with E-state index in [0.29, 0.717) is 0 Å². The van der Waals surface area contributed by atoms with Gasteiger partial charge in [0.25, 0.3) is 0 Å². The highest BCUT2D eigenvalue weighted by molar-refractivity contribution is 5.18. The Labute approximate surface area is 65.7 Å². The minimum atomic E-state index is -0.0366. The molecule has 0 N–H and O–H groups in total. The summed E-state index contributed by atoms with van der Waals surface area (Å²) in [7, 11) is 0. The molecule has 1 unspecified atom stereocenters. The molecule has 3 nitrogen and oxygen atoms in total. The molecule has 1 atom stereocenters. The monoisotopic (exact) mass is 147 g/mol. The lowest BCUT2D eigenvalue weighted by Gasteiger charge is -2.02. The van der Waals surface area contributed by atoms with Crippen LogP contribution in [0.25, 0.3) is 0 Å². The zero-order chi connectivity index (χ0) is 8.10. The van der Waals surface area contributed by atoms with Crippen LogP contribution in [-0.2, 0) is 0 Å². The van der Waals surface area contributed by atoms with Crippen LogP contribution in [0.2, 0.25) is 0 Å². The van der Waals surface area contributed by atoms with Gasteiger partial charge in [-0.05, 0) is 18.1 Å². The van der Waals surface area contributed by atoms with Crippen LogP contribution in [0.15, 0.2) is 18.5 Å². The van der Waals surface area contributed by atoms with Gasteiger partial charge in [-0.15, -0.1) is 0 Å². The van der Waals surface area contributed by atoms with Gasteiger partial charge in [0, 0.05) is 6.20 Å². The quantitative estimate of drug-likeness (QED) is 0.636. The Morgan fingerprint density at radius 2 is 2.45 bits per heavy atom. The van der Waals surface area contributed by atoms with Gasteiger partial charge in [-0.25, -0.2) is 0 Å². The minimum absolute atomic E-state index is 0.0366. The molecule has 1 aromatic heterocycles. The molecular weight excluding hydrogens is 138 g/mol. The van der Waals surface area contributed by atoms with Gasteiger partial charge in [-0.1, -0.05) is 6.92 Å². The Kier molecular flexibility index (Phi) is 2.56. The van der Waals surface area contributed by atoms with E-state index in [9.17, 15) is 0 Å². The van der Waals surface area contributed by atoms with Crippen molar-refractivity contribution < 1.29 is 0 Å². The number of nitrogens with zero attached hydrogens (tertiary/aromatic N) is 3. The van der Waals surface area contributed by atoms with Crippen LogP contribution < -0.4 is 0 Å². The van der Waals surface area contributed by atoms with Gasteiger partial charge in [0.1, 0.15) is 0 Å². The molecule has 1 heterocycles. The van der Waals surface area contributed by atoms with Gasteiger partial charge in [-0.2, -0.15) is 15.5 Å². The largest absolute Gasteiger partial charge is 0.198 e. The zero-order valence-electron chi connectivity index (χ0n) is 6.36. The lowest BCUT2D eigenvalue weighted by atomic mass is 10.0. The second kappa shape index (κ2) is 3.67. The summed E-state index contributed by atoms with van der Waals surface area (Å²) in [6, 6.07) is 4.02. The topological polar surface area (TPSA) is 49.6 Å². The van der Waals surface area contributed by atoms with Crippen LogP contribution in [0.3, 0.4) is 0 Å². The Morgan fingerprint density at radius 3 is 2.91 bits per heavy atom. The molecule has 0 fully saturated rings. The highest BCUT2D eigenvalue weighted by atomic mass is 15.1. The van der Waals surface area contributed by atoms with Crippen LogP contribution >= 0.6 is 0 Å². The molecule has 0 radical (unpaired) electrons. The molecule has 0 saturated heterocycles. The van der Waals surface area contributed by atoms with E-state index < -0.39 is 0 Å². The van der Waals surface area contributed by atoms with Crippen molar-refractivity contribution in [2.24, 2.45) is 0 Å². The first kappa shape index (κ1) is 7.67. The van der Waals surface area contributed by atoms with Crippen LogP contribution in [0.5, 0.6) is 0 Å². The van der Waals surface area contributed by atoms with Gasteiger partial charge >= 0.3 is 0 Å². The molecule has 0 aromatic carbocycles. The van der Waals surface area contributed by atoms with Crippen molar-refractivity contribution >= 4 is 0 Å². The Balaban J connectivity index is 2.85. The zero-order valence-corrected chi connectivity index (χ0v) is 6.36. The van der Waals surface area contributed by atoms with E-state index >= 15 is 0 Å². The molecule has 0 aliphatic carbocycles.